The lowest BCUT2D eigenvalue weighted by Gasteiger charge is -2.13. The van der Waals surface area contributed by atoms with Crippen molar-refractivity contribution in [1.82, 2.24) is 0 Å². The van der Waals surface area contributed by atoms with Crippen LogP contribution in [0.25, 0.3) is 10.8 Å². The van der Waals surface area contributed by atoms with Gasteiger partial charge in [-0.15, -0.1) is 0 Å². The lowest BCUT2D eigenvalue weighted by Crippen LogP contribution is -2.19. The Morgan fingerprint density at radius 2 is 1.48 bits per heavy atom. The molecule has 0 unspecified atom stereocenters. The second-order valence-electron chi connectivity index (χ2n) is 7.66. The van der Waals surface area contributed by atoms with Gasteiger partial charge in [0.1, 0.15) is 0 Å². The number of carbonyl (C=O) groups excluding carboxylic acids is 2. The van der Waals surface area contributed by atoms with E-state index in [1.165, 1.54) is 5.56 Å². The van der Waals surface area contributed by atoms with Crippen LogP contribution >= 0.6 is 0 Å². The minimum absolute atomic E-state index is 0.164. The third-order valence-corrected chi connectivity index (χ3v) is 5.44. The number of fused-ring (bicyclic) bond motifs is 1. The molecule has 0 fully saturated rings. The molecule has 0 saturated heterocycles. The molecule has 0 spiro atoms. The molecular formula is C27H24N2O2. The van der Waals surface area contributed by atoms with E-state index < -0.39 is 0 Å². The van der Waals surface area contributed by atoms with Crippen molar-refractivity contribution in [3.63, 3.8) is 0 Å². The van der Waals surface area contributed by atoms with Crippen LogP contribution in [0.2, 0.25) is 0 Å². The fraction of sp³-hybridized carbons (Fsp3) is 0.111. The molecule has 4 aromatic rings. The number of anilines is 2. The van der Waals surface area contributed by atoms with Crippen LogP contribution < -0.4 is 10.6 Å². The monoisotopic (exact) mass is 408 g/mol. The molecule has 0 atom stereocenters. The van der Waals surface area contributed by atoms with Gasteiger partial charge in [-0.25, -0.2) is 0 Å². The molecule has 0 aliphatic carbocycles. The normalized spacial score (nSPS) is 10.6. The van der Waals surface area contributed by atoms with Crippen LogP contribution in [0, 0.1) is 13.8 Å². The largest absolute Gasteiger partial charge is 0.325 e. The Morgan fingerprint density at radius 1 is 0.742 bits per heavy atom. The van der Waals surface area contributed by atoms with Gasteiger partial charge in [0.25, 0.3) is 5.91 Å². The Hall–Kier alpha value is -3.92. The van der Waals surface area contributed by atoms with Gasteiger partial charge >= 0.3 is 0 Å². The van der Waals surface area contributed by atoms with Crippen molar-refractivity contribution in [3.05, 3.63) is 107 Å². The van der Waals surface area contributed by atoms with Gasteiger partial charge in [-0.05, 0) is 65.6 Å². The Kier molecular flexibility index (Phi) is 5.80. The lowest BCUT2D eigenvalue weighted by molar-refractivity contribution is -0.115. The zero-order valence-corrected chi connectivity index (χ0v) is 17.6. The maximum Gasteiger partial charge on any atom is 0.257 e. The first-order chi connectivity index (χ1) is 15.0. The third kappa shape index (κ3) is 4.64. The lowest BCUT2D eigenvalue weighted by atomic mass is 10.0. The van der Waals surface area contributed by atoms with Gasteiger partial charge in [-0.1, -0.05) is 60.7 Å². The highest BCUT2D eigenvalue weighted by molar-refractivity contribution is 6.10. The van der Waals surface area contributed by atoms with Crippen molar-refractivity contribution >= 4 is 34.0 Å². The highest BCUT2D eigenvalue weighted by Gasteiger charge is 2.14. The number of hydrogen-bond donors (Lipinski definition) is 2. The van der Waals surface area contributed by atoms with Crippen molar-refractivity contribution in [2.75, 3.05) is 10.6 Å². The molecule has 0 aliphatic heterocycles. The molecule has 4 aromatic carbocycles. The summed E-state index contributed by atoms with van der Waals surface area (Å²) in [4.78, 5) is 25.7. The first kappa shape index (κ1) is 20.4. The molecule has 0 heterocycles. The van der Waals surface area contributed by atoms with Gasteiger partial charge < -0.3 is 10.6 Å². The van der Waals surface area contributed by atoms with Crippen LogP contribution in [-0.2, 0) is 11.2 Å². The summed E-state index contributed by atoms with van der Waals surface area (Å²) in [5.74, 6) is -0.424. The molecule has 2 N–H and O–H groups in total. The molecule has 154 valence electrons. The molecule has 4 heteroatoms. The number of rotatable bonds is 5. The fourth-order valence-corrected chi connectivity index (χ4v) is 3.62. The summed E-state index contributed by atoms with van der Waals surface area (Å²) in [5, 5.41) is 7.99. The summed E-state index contributed by atoms with van der Waals surface area (Å²) in [7, 11) is 0. The van der Waals surface area contributed by atoms with Crippen molar-refractivity contribution in [2.24, 2.45) is 0 Å². The van der Waals surface area contributed by atoms with E-state index >= 15 is 0 Å². The number of aryl methyl sites for hydroxylation is 2. The highest BCUT2D eigenvalue weighted by atomic mass is 16.2. The van der Waals surface area contributed by atoms with Gasteiger partial charge in [0, 0.05) is 5.69 Å². The minimum Gasteiger partial charge on any atom is -0.325 e. The van der Waals surface area contributed by atoms with E-state index in [2.05, 4.69) is 10.6 Å². The van der Waals surface area contributed by atoms with Crippen LogP contribution in [0.5, 0.6) is 0 Å². The van der Waals surface area contributed by atoms with Crippen LogP contribution in [0.4, 0.5) is 11.4 Å². The van der Waals surface area contributed by atoms with Crippen LogP contribution in [0.15, 0.2) is 84.9 Å². The molecule has 0 radical (unpaired) electrons. The number of hydrogen-bond acceptors (Lipinski definition) is 2. The zero-order chi connectivity index (χ0) is 21.8. The van der Waals surface area contributed by atoms with Crippen molar-refractivity contribution in [2.45, 2.75) is 20.3 Å². The average Bonchev–Trinajstić information content (AvgIpc) is 2.77. The SMILES string of the molecule is Cc1ccc(NC(=O)c2ccccc2NC(=O)Cc2cccc3ccccc23)cc1C. The third-order valence-electron chi connectivity index (χ3n) is 5.44. The predicted molar refractivity (Wildman–Crippen MR) is 127 cm³/mol. The topological polar surface area (TPSA) is 58.2 Å². The molecule has 0 bridgehead atoms. The number of nitrogens with one attached hydrogen (secondary N) is 2. The summed E-state index contributed by atoms with van der Waals surface area (Å²) in [6.07, 6.45) is 0.231. The first-order valence-electron chi connectivity index (χ1n) is 10.3. The number of carbonyl (C=O) groups is 2. The van der Waals surface area contributed by atoms with Gasteiger partial charge in [0.2, 0.25) is 5.91 Å². The van der Waals surface area contributed by atoms with E-state index in [0.717, 1.165) is 27.6 Å². The Bertz CT molecular complexity index is 1270. The highest BCUT2D eigenvalue weighted by Crippen LogP contribution is 2.22. The summed E-state index contributed by atoms with van der Waals surface area (Å²) in [5.41, 5.74) is 4.87. The molecule has 4 nitrogen and oxygen atoms in total. The van der Waals surface area contributed by atoms with Crippen LogP contribution in [-0.4, -0.2) is 11.8 Å². The van der Waals surface area contributed by atoms with Gasteiger partial charge in [-0.3, -0.25) is 9.59 Å². The Balaban J connectivity index is 1.52. The average molecular weight is 409 g/mol. The van der Waals surface area contributed by atoms with Gasteiger partial charge in [0.15, 0.2) is 0 Å². The van der Waals surface area contributed by atoms with E-state index in [0.29, 0.717) is 11.3 Å². The number of para-hydroxylation sites is 1. The molecule has 0 saturated carbocycles. The molecule has 2 amide bonds. The fourth-order valence-electron chi connectivity index (χ4n) is 3.62. The molecule has 0 aliphatic rings. The van der Waals surface area contributed by atoms with E-state index in [-0.39, 0.29) is 18.2 Å². The molecule has 0 aromatic heterocycles. The summed E-state index contributed by atoms with van der Waals surface area (Å²) in [6.45, 7) is 4.04. The van der Waals surface area contributed by atoms with E-state index in [4.69, 9.17) is 0 Å². The maximum atomic E-state index is 12.9. The zero-order valence-electron chi connectivity index (χ0n) is 17.6. The Morgan fingerprint density at radius 3 is 2.32 bits per heavy atom. The second kappa shape index (κ2) is 8.84. The van der Waals surface area contributed by atoms with Crippen molar-refractivity contribution in [1.29, 1.82) is 0 Å². The van der Waals surface area contributed by atoms with Gasteiger partial charge in [0.05, 0.1) is 17.7 Å². The van der Waals surface area contributed by atoms with Crippen LogP contribution in [0.1, 0.15) is 27.0 Å². The van der Waals surface area contributed by atoms with Crippen LogP contribution in [0.3, 0.4) is 0 Å². The quantitative estimate of drug-likeness (QED) is 0.433. The van der Waals surface area contributed by atoms with E-state index in [1.54, 1.807) is 24.3 Å². The first-order valence-corrected chi connectivity index (χ1v) is 10.3. The Labute approximate surface area is 181 Å². The number of benzene rings is 4. The van der Waals surface area contributed by atoms with E-state index in [9.17, 15) is 9.59 Å². The van der Waals surface area contributed by atoms with Crippen molar-refractivity contribution in [3.8, 4) is 0 Å². The van der Waals surface area contributed by atoms with E-state index in [1.807, 2.05) is 74.5 Å². The molecular weight excluding hydrogens is 384 g/mol. The maximum absolute atomic E-state index is 12.9. The van der Waals surface area contributed by atoms with Crippen molar-refractivity contribution < 1.29 is 9.59 Å². The minimum atomic E-state index is -0.260. The van der Waals surface area contributed by atoms with Gasteiger partial charge in [-0.2, -0.15) is 0 Å². The second-order valence-corrected chi connectivity index (χ2v) is 7.66. The smallest absolute Gasteiger partial charge is 0.257 e. The predicted octanol–water partition coefficient (Wildman–Crippen LogP) is 5.89. The standard InChI is InChI=1S/C27H24N2O2/c1-18-14-15-22(16-19(18)2)28-27(31)24-12-5-6-13-25(24)29-26(30)17-21-10-7-9-20-8-3-4-11-23(20)21/h3-16H,17H2,1-2H3,(H,28,31)(H,29,30). The summed E-state index contributed by atoms with van der Waals surface area (Å²) in [6, 6.07) is 26.8. The molecule has 4 rings (SSSR count). The summed E-state index contributed by atoms with van der Waals surface area (Å²) < 4.78 is 0. The summed E-state index contributed by atoms with van der Waals surface area (Å²) >= 11 is 0. The molecule has 31 heavy (non-hydrogen) atoms. The number of amides is 2.